The van der Waals surface area contributed by atoms with Gasteiger partial charge < -0.3 is 9.47 Å². The Hall–Kier alpha value is -1.23. The summed E-state index contributed by atoms with van der Waals surface area (Å²) in [5.41, 5.74) is 0.827. The van der Waals surface area contributed by atoms with Crippen LogP contribution in [0.15, 0.2) is 24.3 Å². The SMILES string of the molecule is CC(C)CCOCc1ccc(OC(F)(F)F)cc1. The van der Waals surface area contributed by atoms with Crippen molar-refractivity contribution in [2.75, 3.05) is 6.61 Å². The molecule has 102 valence electrons. The molecule has 0 bridgehead atoms. The number of benzene rings is 1. The highest BCUT2D eigenvalue weighted by atomic mass is 19.4. The van der Waals surface area contributed by atoms with Gasteiger partial charge in [-0.1, -0.05) is 26.0 Å². The zero-order valence-electron chi connectivity index (χ0n) is 10.5. The second-order valence-corrected chi connectivity index (χ2v) is 4.43. The van der Waals surface area contributed by atoms with Crippen molar-refractivity contribution >= 4 is 0 Å². The minimum Gasteiger partial charge on any atom is -0.406 e. The van der Waals surface area contributed by atoms with Crippen molar-refractivity contribution in [3.63, 3.8) is 0 Å². The summed E-state index contributed by atoms with van der Waals surface area (Å²) in [7, 11) is 0. The lowest BCUT2D eigenvalue weighted by atomic mass is 10.1. The Morgan fingerprint density at radius 1 is 1.11 bits per heavy atom. The molecule has 1 rings (SSSR count). The third-order valence-corrected chi connectivity index (χ3v) is 2.27. The Bertz CT molecular complexity index is 344. The summed E-state index contributed by atoms with van der Waals surface area (Å²) in [6, 6.07) is 5.70. The van der Waals surface area contributed by atoms with Crippen LogP contribution >= 0.6 is 0 Å². The van der Waals surface area contributed by atoms with Crippen LogP contribution in [0.1, 0.15) is 25.8 Å². The van der Waals surface area contributed by atoms with E-state index in [1.54, 1.807) is 12.1 Å². The van der Waals surface area contributed by atoms with Crippen molar-refractivity contribution in [1.29, 1.82) is 0 Å². The summed E-state index contributed by atoms with van der Waals surface area (Å²) in [5.74, 6) is 0.362. The molecule has 1 aromatic carbocycles. The van der Waals surface area contributed by atoms with Crippen molar-refractivity contribution in [3.05, 3.63) is 29.8 Å². The second kappa shape index (κ2) is 6.64. The highest BCUT2D eigenvalue weighted by Crippen LogP contribution is 2.22. The molecule has 0 saturated carbocycles. The predicted molar refractivity (Wildman–Crippen MR) is 62.2 cm³/mol. The van der Waals surface area contributed by atoms with Gasteiger partial charge in [-0.25, -0.2) is 0 Å². The fourth-order valence-corrected chi connectivity index (χ4v) is 1.30. The van der Waals surface area contributed by atoms with E-state index in [9.17, 15) is 13.2 Å². The maximum Gasteiger partial charge on any atom is 0.573 e. The van der Waals surface area contributed by atoms with E-state index in [1.165, 1.54) is 12.1 Å². The van der Waals surface area contributed by atoms with Crippen molar-refractivity contribution in [2.45, 2.75) is 33.2 Å². The average molecular weight is 262 g/mol. The van der Waals surface area contributed by atoms with E-state index >= 15 is 0 Å². The molecule has 0 aliphatic rings. The van der Waals surface area contributed by atoms with Crippen molar-refractivity contribution in [1.82, 2.24) is 0 Å². The van der Waals surface area contributed by atoms with E-state index in [-0.39, 0.29) is 5.75 Å². The van der Waals surface area contributed by atoms with Gasteiger partial charge in [0.2, 0.25) is 0 Å². The van der Waals surface area contributed by atoms with E-state index in [1.807, 2.05) is 0 Å². The third kappa shape index (κ3) is 6.49. The molecule has 5 heteroatoms. The van der Waals surface area contributed by atoms with E-state index < -0.39 is 6.36 Å². The Labute approximate surface area is 105 Å². The first-order chi connectivity index (χ1) is 8.37. The molecule has 0 aromatic heterocycles. The van der Waals surface area contributed by atoms with Crippen LogP contribution in [0, 0.1) is 5.92 Å². The smallest absolute Gasteiger partial charge is 0.406 e. The maximum atomic E-state index is 11.9. The normalized spacial score (nSPS) is 11.9. The number of ether oxygens (including phenoxy) is 2. The largest absolute Gasteiger partial charge is 0.573 e. The summed E-state index contributed by atoms with van der Waals surface area (Å²) in [6.07, 6.45) is -3.68. The number of rotatable bonds is 6. The zero-order chi connectivity index (χ0) is 13.6. The topological polar surface area (TPSA) is 18.5 Å². The molecule has 2 nitrogen and oxygen atoms in total. The quantitative estimate of drug-likeness (QED) is 0.717. The van der Waals surface area contributed by atoms with Crippen molar-refractivity contribution in [2.24, 2.45) is 5.92 Å². The standard InChI is InChI=1S/C13H17F3O2/c1-10(2)7-8-17-9-11-3-5-12(6-4-11)18-13(14,15)16/h3-6,10H,7-9H2,1-2H3. The summed E-state index contributed by atoms with van der Waals surface area (Å²) < 4.78 is 44.9. The highest BCUT2D eigenvalue weighted by molar-refractivity contribution is 5.26. The molecule has 0 radical (unpaired) electrons. The molecule has 0 aliphatic heterocycles. The molecule has 0 N–H and O–H groups in total. The van der Waals surface area contributed by atoms with Gasteiger partial charge in [0.25, 0.3) is 0 Å². The molecular formula is C13H17F3O2. The van der Waals surface area contributed by atoms with Crippen LogP contribution in [0.2, 0.25) is 0 Å². The molecule has 0 saturated heterocycles. The molecule has 0 atom stereocenters. The van der Waals surface area contributed by atoms with Crippen molar-refractivity contribution in [3.8, 4) is 5.75 Å². The van der Waals surface area contributed by atoms with Crippen LogP contribution in [0.4, 0.5) is 13.2 Å². The van der Waals surface area contributed by atoms with Crippen LogP contribution in [0.3, 0.4) is 0 Å². The first-order valence-electron chi connectivity index (χ1n) is 5.79. The van der Waals surface area contributed by atoms with Gasteiger partial charge in [0.15, 0.2) is 0 Å². The fraction of sp³-hybridized carbons (Fsp3) is 0.538. The van der Waals surface area contributed by atoms with Crippen LogP contribution in [-0.2, 0) is 11.3 Å². The maximum absolute atomic E-state index is 11.9. The minimum absolute atomic E-state index is 0.214. The second-order valence-electron chi connectivity index (χ2n) is 4.43. The Morgan fingerprint density at radius 2 is 1.72 bits per heavy atom. The fourth-order valence-electron chi connectivity index (χ4n) is 1.30. The molecule has 0 heterocycles. The summed E-state index contributed by atoms with van der Waals surface area (Å²) in [4.78, 5) is 0. The van der Waals surface area contributed by atoms with Crippen LogP contribution in [0.25, 0.3) is 0 Å². The lowest BCUT2D eigenvalue weighted by molar-refractivity contribution is -0.274. The first-order valence-corrected chi connectivity index (χ1v) is 5.79. The predicted octanol–water partition coefficient (Wildman–Crippen LogP) is 4.15. The number of halogens is 3. The minimum atomic E-state index is -4.64. The van der Waals surface area contributed by atoms with E-state index in [0.717, 1.165) is 12.0 Å². The molecule has 0 unspecified atom stereocenters. The summed E-state index contributed by atoms with van der Waals surface area (Å²) in [5, 5.41) is 0. The Balaban J connectivity index is 2.36. The van der Waals surface area contributed by atoms with Gasteiger partial charge in [-0.2, -0.15) is 0 Å². The molecule has 1 aromatic rings. The molecular weight excluding hydrogens is 245 g/mol. The molecule has 0 fully saturated rings. The van der Waals surface area contributed by atoms with Gasteiger partial charge in [-0.3, -0.25) is 0 Å². The van der Waals surface area contributed by atoms with E-state index in [4.69, 9.17) is 4.74 Å². The van der Waals surface area contributed by atoms with E-state index in [2.05, 4.69) is 18.6 Å². The van der Waals surface area contributed by atoms with Crippen molar-refractivity contribution < 1.29 is 22.6 Å². The number of alkyl halides is 3. The first kappa shape index (κ1) is 14.8. The van der Waals surface area contributed by atoms with Gasteiger partial charge >= 0.3 is 6.36 Å². The summed E-state index contributed by atoms with van der Waals surface area (Å²) >= 11 is 0. The number of hydrogen-bond donors (Lipinski definition) is 0. The molecule has 0 aliphatic carbocycles. The monoisotopic (exact) mass is 262 g/mol. The molecule has 0 spiro atoms. The van der Waals surface area contributed by atoms with Gasteiger partial charge in [-0.15, -0.1) is 13.2 Å². The van der Waals surface area contributed by atoms with Gasteiger partial charge in [-0.05, 0) is 30.0 Å². The Morgan fingerprint density at radius 3 is 2.22 bits per heavy atom. The lowest BCUT2D eigenvalue weighted by Crippen LogP contribution is -2.17. The Kier molecular flexibility index (Phi) is 5.47. The number of hydrogen-bond acceptors (Lipinski definition) is 2. The highest BCUT2D eigenvalue weighted by Gasteiger charge is 2.30. The van der Waals surface area contributed by atoms with Crippen LogP contribution in [0.5, 0.6) is 5.75 Å². The lowest BCUT2D eigenvalue weighted by Gasteiger charge is -2.10. The third-order valence-electron chi connectivity index (χ3n) is 2.27. The van der Waals surface area contributed by atoms with E-state index in [0.29, 0.717) is 19.1 Å². The van der Waals surface area contributed by atoms with Gasteiger partial charge in [0, 0.05) is 6.61 Å². The molecule has 18 heavy (non-hydrogen) atoms. The summed E-state index contributed by atoms with van der Waals surface area (Å²) in [6.45, 7) is 5.26. The van der Waals surface area contributed by atoms with Gasteiger partial charge in [0.05, 0.1) is 6.61 Å². The van der Waals surface area contributed by atoms with Crippen LogP contribution in [-0.4, -0.2) is 13.0 Å². The average Bonchev–Trinajstić information content (AvgIpc) is 2.24. The van der Waals surface area contributed by atoms with Crippen LogP contribution < -0.4 is 4.74 Å². The zero-order valence-corrected chi connectivity index (χ0v) is 10.5. The van der Waals surface area contributed by atoms with Gasteiger partial charge in [0.1, 0.15) is 5.75 Å². The molecule has 0 amide bonds.